The fraction of sp³-hybridized carbons (Fsp3) is 0.350. The van der Waals surface area contributed by atoms with Gasteiger partial charge in [0.25, 0.3) is 0 Å². The first kappa shape index (κ1) is 14.8. The molecule has 0 bridgehead atoms. The van der Waals surface area contributed by atoms with Crippen molar-refractivity contribution in [2.75, 3.05) is 0 Å². The summed E-state index contributed by atoms with van der Waals surface area (Å²) >= 11 is 0. The van der Waals surface area contributed by atoms with Gasteiger partial charge in [-0.15, -0.1) is 0 Å². The Morgan fingerprint density at radius 3 is 2.18 bits per heavy atom. The Bertz CT molecular complexity index is 789. The van der Waals surface area contributed by atoms with Gasteiger partial charge in [0.1, 0.15) is 5.82 Å². The molecule has 3 aromatic rings. The number of aryl methyl sites for hydroxylation is 1. The Morgan fingerprint density at radius 2 is 1.59 bits per heavy atom. The van der Waals surface area contributed by atoms with Gasteiger partial charge in [0.15, 0.2) is 0 Å². The SMILES string of the molecule is CC(c1ccc(C(C)(C)C)cc1)c1nc2ccccc2n1C. The van der Waals surface area contributed by atoms with Gasteiger partial charge in [-0.3, -0.25) is 0 Å². The third-order valence-corrected chi connectivity index (χ3v) is 4.49. The van der Waals surface area contributed by atoms with Gasteiger partial charge in [0.2, 0.25) is 0 Å². The topological polar surface area (TPSA) is 17.8 Å². The van der Waals surface area contributed by atoms with Gasteiger partial charge in [-0.05, 0) is 28.7 Å². The van der Waals surface area contributed by atoms with Gasteiger partial charge < -0.3 is 4.57 Å². The van der Waals surface area contributed by atoms with Crippen molar-refractivity contribution < 1.29 is 0 Å². The standard InChI is InChI=1S/C20H24N2/c1-14(15-10-12-16(13-11-15)20(2,3)4)19-21-17-8-6-7-9-18(17)22(19)5/h6-14H,1-5H3. The summed E-state index contributed by atoms with van der Waals surface area (Å²) in [6.45, 7) is 8.97. The molecule has 2 nitrogen and oxygen atoms in total. The van der Waals surface area contributed by atoms with Crippen LogP contribution in [0.5, 0.6) is 0 Å². The number of hydrogen-bond acceptors (Lipinski definition) is 1. The molecular weight excluding hydrogens is 268 g/mol. The molecule has 0 radical (unpaired) electrons. The van der Waals surface area contributed by atoms with Crippen molar-refractivity contribution in [3.05, 3.63) is 65.5 Å². The summed E-state index contributed by atoms with van der Waals surface area (Å²) in [5.41, 5.74) is 5.13. The smallest absolute Gasteiger partial charge is 0.116 e. The van der Waals surface area contributed by atoms with Crippen molar-refractivity contribution in [3.63, 3.8) is 0 Å². The molecule has 0 aliphatic carbocycles. The molecule has 0 saturated carbocycles. The highest BCUT2D eigenvalue weighted by Crippen LogP contribution is 2.29. The van der Waals surface area contributed by atoms with E-state index in [2.05, 4.69) is 81.8 Å². The van der Waals surface area contributed by atoms with E-state index in [0.29, 0.717) is 0 Å². The van der Waals surface area contributed by atoms with Crippen molar-refractivity contribution in [1.29, 1.82) is 0 Å². The second kappa shape index (κ2) is 5.28. The average Bonchev–Trinajstić information content (AvgIpc) is 2.83. The number of aromatic nitrogens is 2. The van der Waals surface area contributed by atoms with Crippen LogP contribution >= 0.6 is 0 Å². The second-order valence-electron chi connectivity index (χ2n) is 7.11. The maximum Gasteiger partial charge on any atom is 0.116 e. The first-order valence-corrected chi connectivity index (χ1v) is 7.90. The van der Waals surface area contributed by atoms with Crippen molar-refractivity contribution in [1.82, 2.24) is 9.55 Å². The highest BCUT2D eigenvalue weighted by atomic mass is 15.1. The Labute approximate surface area is 132 Å². The molecule has 1 unspecified atom stereocenters. The Hall–Kier alpha value is -2.09. The van der Waals surface area contributed by atoms with Gasteiger partial charge in [-0.1, -0.05) is 64.1 Å². The van der Waals surface area contributed by atoms with Crippen LogP contribution in [0.3, 0.4) is 0 Å². The van der Waals surface area contributed by atoms with E-state index in [4.69, 9.17) is 4.98 Å². The molecule has 2 aromatic carbocycles. The van der Waals surface area contributed by atoms with Gasteiger partial charge >= 0.3 is 0 Å². The van der Waals surface area contributed by atoms with Crippen LogP contribution < -0.4 is 0 Å². The van der Waals surface area contributed by atoms with Gasteiger partial charge in [0.05, 0.1) is 11.0 Å². The molecule has 0 amide bonds. The molecule has 1 atom stereocenters. The van der Waals surface area contributed by atoms with E-state index in [0.717, 1.165) is 11.3 Å². The minimum Gasteiger partial charge on any atom is -0.331 e. The average molecular weight is 292 g/mol. The molecule has 1 heterocycles. The van der Waals surface area contributed by atoms with Crippen LogP contribution in [0.15, 0.2) is 48.5 Å². The van der Waals surface area contributed by atoms with Crippen LogP contribution in [0.2, 0.25) is 0 Å². The molecule has 0 fully saturated rings. The molecular formula is C20H24N2. The highest BCUT2D eigenvalue weighted by Gasteiger charge is 2.18. The monoisotopic (exact) mass is 292 g/mol. The summed E-state index contributed by atoms with van der Waals surface area (Å²) < 4.78 is 2.21. The minimum absolute atomic E-state index is 0.194. The van der Waals surface area contributed by atoms with Gasteiger partial charge in [-0.2, -0.15) is 0 Å². The molecule has 1 aromatic heterocycles. The first-order valence-electron chi connectivity index (χ1n) is 7.90. The number of para-hydroxylation sites is 2. The summed E-state index contributed by atoms with van der Waals surface area (Å²) in [6, 6.07) is 17.3. The largest absolute Gasteiger partial charge is 0.331 e. The molecule has 0 N–H and O–H groups in total. The third-order valence-electron chi connectivity index (χ3n) is 4.49. The molecule has 0 spiro atoms. The zero-order valence-corrected chi connectivity index (χ0v) is 14.1. The number of rotatable bonds is 2. The van der Waals surface area contributed by atoms with Crippen LogP contribution in [-0.4, -0.2) is 9.55 Å². The lowest BCUT2D eigenvalue weighted by atomic mass is 9.85. The fourth-order valence-corrected chi connectivity index (χ4v) is 2.97. The zero-order chi connectivity index (χ0) is 15.9. The Balaban J connectivity index is 1.99. The lowest BCUT2D eigenvalue weighted by Crippen LogP contribution is -2.11. The van der Waals surface area contributed by atoms with Gasteiger partial charge in [0, 0.05) is 13.0 Å². The van der Waals surface area contributed by atoms with E-state index < -0.39 is 0 Å². The van der Waals surface area contributed by atoms with E-state index in [1.807, 2.05) is 6.07 Å². The van der Waals surface area contributed by atoms with Gasteiger partial charge in [-0.25, -0.2) is 4.98 Å². The number of imidazole rings is 1. The molecule has 0 aliphatic heterocycles. The fourth-order valence-electron chi connectivity index (χ4n) is 2.97. The zero-order valence-electron chi connectivity index (χ0n) is 14.1. The van der Waals surface area contributed by atoms with E-state index in [1.165, 1.54) is 16.6 Å². The Kier molecular flexibility index (Phi) is 3.56. The second-order valence-corrected chi connectivity index (χ2v) is 7.11. The van der Waals surface area contributed by atoms with Crippen molar-refractivity contribution in [2.45, 2.75) is 39.0 Å². The maximum absolute atomic E-state index is 4.82. The lowest BCUT2D eigenvalue weighted by molar-refractivity contribution is 0.589. The molecule has 0 aliphatic rings. The van der Waals surface area contributed by atoms with Crippen LogP contribution in [0.4, 0.5) is 0 Å². The van der Waals surface area contributed by atoms with Crippen LogP contribution in [-0.2, 0) is 12.5 Å². The van der Waals surface area contributed by atoms with E-state index in [9.17, 15) is 0 Å². The summed E-state index contributed by atoms with van der Waals surface area (Å²) in [7, 11) is 2.10. The van der Waals surface area contributed by atoms with Crippen LogP contribution in [0, 0.1) is 0 Å². The maximum atomic E-state index is 4.82. The lowest BCUT2D eigenvalue weighted by Gasteiger charge is -2.20. The predicted octanol–water partition coefficient (Wildman–Crippen LogP) is 5.02. The highest BCUT2D eigenvalue weighted by molar-refractivity contribution is 5.76. The number of hydrogen-bond donors (Lipinski definition) is 0. The predicted molar refractivity (Wildman–Crippen MR) is 93.4 cm³/mol. The van der Waals surface area contributed by atoms with E-state index in [-0.39, 0.29) is 11.3 Å². The van der Waals surface area contributed by atoms with Crippen LogP contribution in [0.1, 0.15) is 50.6 Å². The summed E-state index contributed by atoms with van der Waals surface area (Å²) in [6.07, 6.45) is 0. The number of fused-ring (bicyclic) bond motifs is 1. The molecule has 0 saturated heterocycles. The quantitative estimate of drug-likeness (QED) is 0.648. The molecule has 2 heteroatoms. The molecule has 114 valence electrons. The van der Waals surface area contributed by atoms with Crippen LogP contribution in [0.25, 0.3) is 11.0 Å². The Morgan fingerprint density at radius 1 is 0.955 bits per heavy atom. The van der Waals surface area contributed by atoms with E-state index >= 15 is 0 Å². The number of nitrogens with zero attached hydrogens (tertiary/aromatic N) is 2. The van der Waals surface area contributed by atoms with Crippen molar-refractivity contribution in [3.8, 4) is 0 Å². The van der Waals surface area contributed by atoms with E-state index in [1.54, 1.807) is 0 Å². The molecule has 3 rings (SSSR count). The summed E-state index contributed by atoms with van der Waals surface area (Å²) in [4.78, 5) is 4.82. The van der Waals surface area contributed by atoms with Crippen molar-refractivity contribution >= 4 is 11.0 Å². The first-order chi connectivity index (χ1) is 10.4. The minimum atomic E-state index is 0.194. The summed E-state index contributed by atoms with van der Waals surface area (Å²) in [5, 5.41) is 0. The third kappa shape index (κ3) is 2.54. The van der Waals surface area contributed by atoms with Crippen molar-refractivity contribution in [2.24, 2.45) is 7.05 Å². The normalized spacial score (nSPS) is 13.5. The molecule has 22 heavy (non-hydrogen) atoms. The number of benzene rings is 2. The summed E-state index contributed by atoms with van der Waals surface area (Å²) in [5.74, 6) is 1.40.